The van der Waals surface area contributed by atoms with Gasteiger partial charge in [0.25, 0.3) is 0 Å². The lowest BCUT2D eigenvalue weighted by molar-refractivity contribution is -0.389. The molecule has 11 heteroatoms. The van der Waals surface area contributed by atoms with E-state index < -0.39 is 43.8 Å². The highest BCUT2D eigenvalue weighted by atomic mass is 32.2. The van der Waals surface area contributed by atoms with Crippen molar-refractivity contribution in [1.29, 1.82) is 0 Å². The quantitative estimate of drug-likeness (QED) is 0.450. The molecular formula is C9H11N3O7S. The van der Waals surface area contributed by atoms with Crippen LogP contribution in [-0.4, -0.2) is 46.7 Å². The minimum atomic E-state index is -4.27. The fourth-order valence-corrected chi connectivity index (χ4v) is 2.44. The fourth-order valence-electron chi connectivity index (χ4n) is 1.23. The number of nitrogens with one attached hydrogen (secondary N) is 1. The largest absolute Gasteiger partial charge is 0.480 e. The third kappa shape index (κ3) is 3.69. The minimum Gasteiger partial charge on any atom is -0.480 e. The molecule has 1 heterocycles. The number of carboxylic acid groups (broad SMARTS) is 1. The van der Waals surface area contributed by atoms with E-state index in [-0.39, 0.29) is 0 Å². The number of sulfonamides is 1. The first-order valence-electron chi connectivity index (χ1n) is 5.19. The van der Waals surface area contributed by atoms with Crippen LogP contribution in [0, 0.1) is 10.1 Å². The topological polar surface area (TPSA) is 160 Å². The van der Waals surface area contributed by atoms with Crippen LogP contribution in [0.2, 0.25) is 0 Å². The van der Waals surface area contributed by atoms with Crippen LogP contribution in [0.1, 0.15) is 6.92 Å². The van der Waals surface area contributed by atoms with Gasteiger partial charge < -0.3 is 20.3 Å². The molecule has 0 unspecified atom stereocenters. The lowest BCUT2D eigenvalue weighted by atomic mass is 10.2. The summed E-state index contributed by atoms with van der Waals surface area (Å²) in [6.07, 6.45) is -0.741. The van der Waals surface area contributed by atoms with Gasteiger partial charge in [-0.25, -0.2) is 8.42 Å². The van der Waals surface area contributed by atoms with Gasteiger partial charge in [-0.05, 0) is 22.9 Å². The maximum absolute atomic E-state index is 11.8. The molecule has 0 spiro atoms. The second-order valence-corrected chi connectivity index (χ2v) is 5.50. The molecule has 0 bridgehead atoms. The third-order valence-electron chi connectivity index (χ3n) is 2.25. The molecule has 2 atom stereocenters. The van der Waals surface area contributed by atoms with Gasteiger partial charge in [-0.3, -0.25) is 4.79 Å². The third-order valence-corrected chi connectivity index (χ3v) is 3.67. The number of nitro groups is 1. The highest BCUT2D eigenvalue weighted by molar-refractivity contribution is 7.89. The zero-order chi connectivity index (χ0) is 15.5. The van der Waals surface area contributed by atoms with Crippen LogP contribution in [0.5, 0.6) is 0 Å². The molecule has 0 radical (unpaired) electrons. The van der Waals surface area contributed by atoms with Crippen LogP contribution in [0.25, 0.3) is 0 Å². The molecular weight excluding hydrogens is 294 g/mol. The van der Waals surface area contributed by atoms with Crippen LogP contribution < -0.4 is 4.72 Å². The van der Waals surface area contributed by atoms with Crippen LogP contribution >= 0.6 is 0 Å². The number of carboxylic acids is 1. The molecule has 1 aromatic rings. The van der Waals surface area contributed by atoms with Crippen molar-refractivity contribution in [2.75, 3.05) is 0 Å². The van der Waals surface area contributed by atoms with Crippen molar-refractivity contribution in [3.05, 3.63) is 28.4 Å². The number of rotatable bonds is 6. The van der Waals surface area contributed by atoms with Gasteiger partial charge in [0.05, 0.1) is 6.10 Å². The number of aliphatic hydroxyl groups is 1. The Morgan fingerprint density at radius 1 is 1.50 bits per heavy atom. The predicted molar refractivity (Wildman–Crippen MR) is 64.3 cm³/mol. The van der Waals surface area contributed by atoms with E-state index in [4.69, 9.17) is 5.11 Å². The highest BCUT2D eigenvalue weighted by Gasteiger charge is 2.30. The van der Waals surface area contributed by atoms with Gasteiger partial charge in [0.1, 0.15) is 10.9 Å². The first-order valence-corrected chi connectivity index (χ1v) is 6.67. The van der Waals surface area contributed by atoms with Crippen LogP contribution in [0.4, 0.5) is 5.82 Å². The van der Waals surface area contributed by atoms with Crippen molar-refractivity contribution in [3.8, 4) is 0 Å². The second kappa shape index (κ2) is 5.90. The number of carbonyl (C=O) groups is 1. The molecule has 0 aliphatic heterocycles. The molecule has 0 saturated carbocycles. The van der Waals surface area contributed by atoms with E-state index in [9.17, 15) is 28.4 Å². The Bertz CT molecular complexity index is 611. The van der Waals surface area contributed by atoms with Gasteiger partial charge in [0.15, 0.2) is 6.20 Å². The summed E-state index contributed by atoms with van der Waals surface area (Å²) in [5, 5.41) is 28.4. The van der Waals surface area contributed by atoms with Crippen molar-refractivity contribution < 1.29 is 28.3 Å². The SMILES string of the molecule is C[C@@H](O)[C@H](NS(=O)(=O)c1ccc([N+](=O)[O-])nc1)C(=O)O. The van der Waals surface area contributed by atoms with Crippen LogP contribution in [0.15, 0.2) is 23.2 Å². The molecule has 0 aromatic carbocycles. The van der Waals surface area contributed by atoms with E-state index >= 15 is 0 Å². The smallest absolute Gasteiger partial charge is 0.363 e. The summed E-state index contributed by atoms with van der Waals surface area (Å²) >= 11 is 0. The van der Waals surface area contributed by atoms with Gasteiger partial charge >= 0.3 is 11.8 Å². The van der Waals surface area contributed by atoms with E-state index in [1.807, 2.05) is 0 Å². The Labute approximate surface area is 113 Å². The number of pyridine rings is 1. The summed E-state index contributed by atoms with van der Waals surface area (Å²) in [4.78, 5) is 23.2. The lowest BCUT2D eigenvalue weighted by Gasteiger charge is -2.16. The molecule has 20 heavy (non-hydrogen) atoms. The molecule has 0 fully saturated rings. The molecule has 0 saturated heterocycles. The monoisotopic (exact) mass is 305 g/mol. The van der Waals surface area contributed by atoms with Gasteiger partial charge in [-0.15, -0.1) is 0 Å². The van der Waals surface area contributed by atoms with Gasteiger partial charge in [-0.2, -0.15) is 4.72 Å². The highest BCUT2D eigenvalue weighted by Crippen LogP contribution is 2.13. The molecule has 1 rings (SSSR count). The first kappa shape index (κ1) is 15.9. The number of aliphatic carboxylic acids is 1. The lowest BCUT2D eigenvalue weighted by Crippen LogP contribution is -2.47. The van der Waals surface area contributed by atoms with Crippen molar-refractivity contribution in [1.82, 2.24) is 9.71 Å². The van der Waals surface area contributed by atoms with Crippen molar-refractivity contribution >= 4 is 21.8 Å². The number of hydrogen-bond donors (Lipinski definition) is 3. The average Bonchev–Trinajstić information content (AvgIpc) is 2.35. The molecule has 3 N–H and O–H groups in total. The van der Waals surface area contributed by atoms with Crippen molar-refractivity contribution in [3.63, 3.8) is 0 Å². The average molecular weight is 305 g/mol. The number of hydrogen-bond acceptors (Lipinski definition) is 7. The van der Waals surface area contributed by atoms with Gasteiger partial charge in [0, 0.05) is 6.07 Å². The van der Waals surface area contributed by atoms with E-state index in [0.29, 0.717) is 0 Å². The molecule has 0 amide bonds. The molecule has 0 aliphatic carbocycles. The standard InChI is InChI=1S/C9H11N3O7S/c1-5(13)8(9(14)15)11-20(18,19)6-2-3-7(10-4-6)12(16)17/h2-5,8,11,13H,1H3,(H,14,15)/t5-,8+/m1/s1. The van der Waals surface area contributed by atoms with E-state index in [1.54, 1.807) is 4.72 Å². The maximum atomic E-state index is 11.8. The van der Waals surface area contributed by atoms with E-state index in [0.717, 1.165) is 25.3 Å². The van der Waals surface area contributed by atoms with Gasteiger partial charge in [-0.1, -0.05) is 0 Å². The second-order valence-electron chi connectivity index (χ2n) is 3.79. The Balaban J connectivity index is 3.04. The normalized spacial score (nSPS) is 14.5. The summed E-state index contributed by atoms with van der Waals surface area (Å²) in [5.41, 5.74) is 0. The van der Waals surface area contributed by atoms with Gasteiger partial charge in [0.2, 0.25) is 10.0 Å². The Morgan fingerprint density at radius 2 is 2.10 bits per heavy atom. The molecule has 110 valence electrons. The summed E-state index contributed by atoms with van der Waals surface area (Å²) < 4.78 is 25.4. The van der Waals surface area contributed by atoms with Crippen molar-refractivity contribution in [2.45, 2.75) is 24.0 Å². The molecule has 10 nitrogen and oxygen atoms in total. The predicted octanol–water partition coefficient (Wildman–Crippen LogP) is -0.898. The Kier molecular flexibility index (Phi) is 4.70. The minimum absolute atomic E-state index is 0.449. The summed E-state index contributed by atoms with van der Waals surface area (Å²) in [5.74, 6) is -2.10. The zero-order valence-electron chi connectivity index (χ0n) is 10.1. The molecule has 1 aromatic heterocycles. The van der Waals surface area contributed by atoms with E-state index in [1.165, 1.54) is 0 Å². The fraction of sp³-hybridized carbons (Fsp3) is 0.333. The number of nitrogens with zero attached hydrogens (tertiary/aromatic N) is 2. The zero-order valence-corrected chi connectivity index (χ0v) is 10.9. The van der Waals surface area contributed by atoms with Crippen LogP contribution in [-0.2, 0) is 14.8 Å². The summed E-state index contributed by atoms with van der Waals surface area (Å²) in [6, 6.07) is 0.0383. The number of aliphatic hydroxyl groups excluding tert-OH is 1. The van der Waals surface area contributed by atoms with E-state index in [2.05, 4.69) is 4.98 Å². The summed E-state index contributed by atoms with van der Waals surface area (Å²) in [7, 11) is -4.27. The molecule has 0 aliphatic rings. The first-order chi connectivity index (χ1) is 9.15. The van der Waals surface area contributed by atoms with Crippen molar-refractivity contribution in [2.24, 2.45) is 0 Å². The summed E-state index contributed by atoms with van der Waals surface area (Å²) in [6.45, 7) is 1.11. The Hall–Kier alpha value is -2.11. The maximum Gasteiger partial charge on any atom is 0.363 e. The Morgan fingerprint density at radius 3 is 2.45 bits per heavy atom. The number of aromatic nitrogens is 1. The van der Waals surface area contributed by atoms with Crippen LogP contribution in [0.3, 0.4) is 0 Å².